The van der Waals surface area contributed by atoms with Crippen LogP contribution in [0.4, 0.5) is 0 Å². The van der Waals surface area contributed by atoms with Crippen molar-refractivity contribution in [2.75, 3.05) is 7.11 Å². The van der Waals surface area contributed by atoms with E-state index in [2.05, 4.69) is 30.9 Å². The first kappa shape index (κ1) is 11.8. The molecule has 1 heterocycles. The maximum Gasteiger partial charge on any atom is 0.360 e. The van der Waals surface area contributed by atoms with Crippen LogP contribution < -0.4 is 0 Å². The van der Waals surface area contributed by atoms with Gasteiger partial charge in [-0.25, -0.2) is 4.79 Å². The zero-order valence-corrected chi connectivity index (χ0v) is 10.9. The number of halogens is 1. The second-order valence-corrected chi connectivity index (χ2v) is 4.31. The zero-order valence-electron chi connectivity index (χ0n) is 9.35. The molecule has 0 saturated heterocycles. The Bertz CT molecular complexity index is 548. The molecule has 6 heteroatoms. The predicted octanol–water partition coefficient (Wildman–Crippen LogP) is 2.12. The van der Waals surface area contributed by atoms with E-state index in [0.717, 1.165) is 10.2 Å². The van der Waals surface area contributed by atoms with E-state index in [4.69, 9.17) is 0 Å². The summed E-state index contributed by atoms with van der Waals surface area (Å²) in [6, 6.07) is 7.47. The summed E-state index contributed by atoms with van der Waals surface area (Å²) in [5, 5.41) is 8.27. The lowest BCUT2D eigenvalue weighted by molar-refractivity contribution is 0.0592. The summed E-state index contributed by atoms with van der Waals surface area (Å²) in [5.41, 5.74) is 1.56. The number of benzene rings is 1. The lowest BCUT2D eigenvalue weighted by Gasteiger charge is -1.98. The highest BCUT2D eigenvalue weighted by molar-refractivity contribution is 9.10. The van der Waals surface area contributed by atoms with Crippen molar-refractivity contribution in [2.45, 2.75) is 6.92 Å². The van der Waals surface area contributed by atoms with Crippen LogP contribution in [0.5, 0.6) is 0 Å². The smallest absolute Gasteiger partial charge is 0.360 e. The van der Waals surface area contributed by atoms with Crippen LogP contribution in [0.1, 0.15) is 16.2 Å². The minimum absolute atomic E-state index is 0.232. The van der Waals surface area contributed by atoms with Gasteiger partial charge in [-0.2, -0.15) is 9.90 Å². The zero-order chi connectivity index (χ0) is 12.4. The molecule has 17 heavy (non-hydrogen) atoms. The Labute approximate surface area is 107 Å². The molecule has 0 atom stereocenters. The van der Waals surface area contributed by atoms with Crippen LogP contribution in [0.3, 0.4) is 0 Å². The summed E-state index contributed by atoms with van der Waals surface area (Å²) in [6.45, 7) is 1.72. The summed E-state index contributed by atoms with van der Waals surface area (Å²) in [5.74, 6) is -0.481. The van der Waals surface area contributed by atoms with E-state index in [9.17, 15) is 4.79 Å². The minimum Gasteiger partial charge on any atom is -0.464 e. The highest BCUT2D eigenvalue weighted by Gasteiger charge is 2.16. The number of rotatable bonds is 2. The normalized spacial score (nSPS) is 10.3. The molecule has 0 radical (unpaired) electrons. The molecule has 0 unspecified atom stereocenters. The second kappa shape index (κ2) is 4.67. The molecular formula is C11H10BrN3O2. The van der Waals surface area contributed by atoms with Gasteiger partial charge in [-0.05, 0) is 31.2 Å². The van der Waals surface area contributed by atoms with Gasteiger partial charge >= 0.3 is 5.97 Å². The molecule has 0 aliphatic carbocycles. The molecule has 0 saturated carbocycles. The van der Waals surface area contributed by atoms with Crippen LogP contribution in [0, 0.1) is 6.92 Å². The Hall–Kier alpha value is -1.69. The molecule has 88 valence electrons. The molecular weight excluding hydrogens is 286 g/mol. The number of hydrogen-bond donors (Lipinski definition) is 0. The van der Waals surface area contributed by atoms with Gasteiger partial charge in [0.1, 0.15) is 0 Å². The SMILES string of the molecule is COC(=O)c1nn(-c2ccc(Br)cc2)nc1C. The molecule has 0 aliphatic heterocycles. The Morgan fingerprint density at radius 1 is 1.29 bits per heavy atom. The number of aryl methyl sites for hydroxylation is 1. The molecule has 1 aromatic carbocycles. The van der Waals surface area contributed by atoms with Gasteiger partial charge < -0.3 is 4.74 Å². The highest BCUT2D eigenvalue weighted by Crippen LogP contribution is 2.14. The van der Waals surface area contributed by atoms with Crippen molar-refractivity contribution >= 4 is 21.9 Å². The van der Waals surface area contributed by atoms with Gasteiger partial charge in [0.05, 0.1) is 18.5 Å². The van der Waals surface area contributed by atoms with Crippen molar-refractivity contribution in [3.63, 3.8) is 0 Å². The van der Waals surface area contributed by atoms with Gasteiger partial charge in [-0.3, -0.25) is 0 Å². The summed E-state index contributed by atoms with van der Waals surface area (Å²) < 4.78 is 5.59. The van der Waals surface area contributed by atoms with Crippen LogP contribution in [0.15, 0.2) is 28.7 Å². The molecule has 0 bridgehead atoms. The first-order valence-corrected chi connectivity index (χ1v) is 5.69. The minimum atomic E-state index is -0.481. The van der Waals surface area contributed by atoms with Gasteiger partial charge in [0.25, 0.3) is 0 Å². The van der Waals surface area contributed by atoms with Crippen LogP contribution in [-0.4, -0.2) is 28.1 Å². The number of methoxy groups -OCH3 is 1. The average Bonchev–Trinajstić information content (AvgIpc) is 2.71. The molecule has 5 nitrogen and oxygen atoms in total. The van der Waals surface area contributed by atoms with E-state index in [0.29, 0.717) is 5.69 Å². The van der Waals surface area contributed by atoms with Crippen molar-refractivity contribution in [3.8, 4) is 5.69 Å². The molecule has 0 N–H and O–H groups in total. The lowest BCUT2D eigenvalue weighted by atomic mass is 10.3. The third-order valence-corrected chi connectivity index (χ3v) is 2.75. The molecule has 0 spiro atoms. The Kier molecular flexibility index (Phi) is 3.23. The summed E-state index contributed by atoms with van der Waals surface area (Å²) in [4.78, 5) is 12.8. The Morgan fingerprint density at radius 2 is 1.94 bits per heavy atom. The molecule has 2 rings (SSSR count). The Balaban J connectivity index is 2.41. The fraction of sp³-hybridized carbons (Fsp3) is 0.182. The molecule has 2 aromatic rings. The predicted molar refractivity (Wildman–Crippen MR) is 65.1 cm³/mol. The molecule has 1 aromatic heterocycles. The van der Waals surface area contributed by atoms with E-state index < -0.39 is 5.97 Å². The van der Waals surface area contributed by atoms with E-state index in [1.807, 2.05) is 24.3 Å². The Morgan fingerprint density at radius 3 is 2.53 bits per heavy atom. The van der Waals surface area contributed by atoms with E-state index in [1.54, 1.807) is 6.92 Å². The van der Waals surface area contributed by atoms with E-state index in [1.165, 1.54) is 11.9 Å². The fourth-order valence-corrected chi connectivity index (χ4v) is 1.62. The molecule has 0 fully saturated rings. The van der Waals surface area contributed by atoms with Crippen LogP contribution in [-0.2, 0) is 4.74 Å². The van der Waals surface area contributed by atoms with E-state index >= 15 is 0 Å². The van der Waals surface area contributed by atoms with Crippen molar-refractivity contribution in [3.05, 3.63) is 40.1 Å². The maximum absolute atomic E-state index is 11.4. The van der Waals surface area contributed by atoms with Crippen molar-refractivity contribution < 1.29 is 9.53 Å². The number of nitrogens with zero attached hydrogens (tertiary/aromatic N) is 3. The fourth-order valence-electron chi connectivity index (χ4n) is 1.35. The van der Waals surface area contributed by atoms with Crippen LogP contribution in [0.2, 0.25) is 0 Å². The van der Waals surface area contributed by atoms with Gasteiger partial charge in [0.15, 0.2) is 5.69 Å². The molecule has 0 amide bonds. The first-order chi connectivity index (χ1) is 8.11. The summed E-state index contributed by atoms with van der Waals surface area (Å²) >= 11 is 3.35. The number of esters is 1. The average molecular weight is 296 g/mol. The third-order valence-electron chi connectivity index (χ3n) is 2.22. The third kappa shape index (κ3) is 2.36. The van der Waals surface area contributed by atoms with E-state index in [-0.39, 0.29) is 5.69 Å². The topological polar surface area (TPSA) is 57.0 Å². The first-order valence-electron chi connectivity index (χ1n) is 4.90. The standard InChI is InChI=1S/C11H10BrN3O2/c1-7-10(11(16)17-2)14-15(13-7)9-5-3-8(12)4-6-9/h3-6H,1-2H3. The van der Waals surface area contributed by atoms with Crippen molar-refractivity contribution in [1.29, 1.82) is 0 Å². The number of carbonyl (C=O) groups is 1. The molecule has 0 aliphatic rings. The van der Waals surface area contributed by atoms with Crippen LogP contribution >= 0.6 is 15.9 Å². The summed E-state index contributed by atoms with van der Waals surface area (Å²) in [7, 11) is 1.32. The maximum atomic E-state index is 11.4. The number of hydrogen-bond acceptors (Lipinski definition) is 4. The van der Waals surface area contributed by atoms with Crippen molar-refractivity contribution in [1.82, 2.24) is 15.0 Å². The monoisotopic (exact) mass is 295 g/mol. The van der Waals surface area contributed by atoms with Gasteiger partial charge in [-0.1, -0.05) is 15.9 Å². The van der Waals surface area contributed by atoms with Crippen molar-refractivity contribution in [2.24, 2.45) is 0 Å². The van der Waals surface area contributed by atoms with Gasteiger partial charge in [-0.15, -0.1) is 5.10 Å². The highest BCUT2D eigenvalue weighted by atomic mass is 79.9. The quantitative estimate of drug-likeness (QED) is 0.797. The summed E-state index contributed by atoms with van der Waals surface area (Å²) in [6.07, 6.45) is 0. The van der Waals surface area contributed by atoms with Crippen LogP contribution in [0.25, 0.3) is 5.69 Å². The van der Waals surface area contributed by atoms with Gasteiger partial charge in [0.2, 0.25) is 0 Å². The second-order valence-electron chi connectivity index (χ2n) is 3.39. The lowest BCUT2D eigenvalue weighted by Crippen LogP contribution is -2.05. The number of carbonyl (C=O) groups excluding carboxylic acids is 1. The van der Waals surface area contributed by atoms with Gasteiger partial charge in [0, 0.05) is 4.47 Å². The largest absolute Gasteiger partial charge is 0.464 e. The number of ether oxygens (including phenoxy) is 1. The number of aromatic nitrogens is 3.